The van der Waals surface area contributed by atoms with Gasteiger partial charge in [0.2, 0.25) is 0 Å². The number of rotatable bonds is 5. The Morgan fingerprint density at radius 3 is 2.33 bits per heavy atom. The molecule has 0 saturated carbocycles. The second kappa shape index (κ2) is 6.10. The van der Waals surface area contributed by atoms with Crippen LogP contribution in [0, 0.1) is 0 Å². The first-order chi connectivity index (χ1) is 8.81. The fraction of sp³-hybridized carbons (Fsp3) is 0.250. The van der Waals surface area contributed by atoms with Crippen LogP contribution in [0.4, 0.5) is 17.1 Å². The van der Waals surface area contributed by atoms with Gasteiger partial charge in [0.25, 0.3) is 0 Å². The summed E-state index contributed by atoms with van der Waals surface area (Å²) in [6, 6.07) is 18.5. The minimum atomic E-state index is 0.810. The van der Waals surface area contributed by atoms with Crippen LogP contribution in [0.15, 0.2) is 54.6 Å². The number of hydrogen-bond acceptors (Lipinski definition) is 2. The van der Waals surface area contributed by atoms with Crippen molar-refractivity contribution in [3.05, 3.63) is 54.6 Å². The zero-order valence-electron chi connectivity index (χ0n) is 10.8. The number of nitrogens with zero attached hydrogens (tertiary/aromatic N) is 1. The summed E-state index contributed by atoms with van der Waals surface area (Å²) in [6.07, 6.45) is 2.36. The molecule has 0 aliphatic heterocycles. The maximum atomic E-state index is 5.88. The molecule has 0 fully saturated rings. The fourth-order valence-corrected chi connectivity index (χ4v) is 2.02. The van der Waals surface area contributed by atoms with Crippen molar-refractivity contribution >= 4 is 17.1 Å². The van der Waals surface area contributed by atoms with Crippen LogP contribution < -0.4 is 10.6 Å². The molecule has 0 aliphatic carbocycles. The highest BCUT2D eigenvalue weighted by Crippen LogP contribution is 2.26. The molecule has 18 heavy (non-hydrogen) atoms. The van der Waals surface area contributed by atoms with Crippen molar-refractivity contribution < 1.29 is 0 Å². The van der Waals surface area contributed by atoms with Crippen molar-refractivity contribution in [3.8, 4) is 0 Å². The smallest absolute Gasteiger partial charge is 0.0431 e. The summed E-state index contributed by atoms with van der Waals surface area (Å²) in [5.74, 6) is 0. The highest BCUT2D eigenvalue weighted by Gasteiger charge is 2.08. The van der Waals surface area contributed by atoms with Crippen LogP contribution in [0.5, 0.6) is 0 Å². The molecule has 0 amide bonds. The number of unbranched alkanes of at least 4 members (excludes halogenated alkanes) is 1. The Morgan fingerprint density at radius 1 is 0.944 bits per heavy atom. The quantitative estimate of drug-likeness (QED) is 0.793. The lowest BCUT2D eigenvalue weighted by molar-refractivity contribution is 0.786. The van der Waals surface area contributed by atoms with Crippen LogP contribution in [0.1, 0.15) is 19.8 Å². The average Bonchev–Trinajstić information content (AvgIpc) is 2.40. The van der Waals surface area contributed by atoms with Gasteiger partial charge in [0.05, 0.1) is 0 Å². The van der Waals surface area contributed by atoms with Crippen LogP contribution in [-0.2, 0) is 0 Å². The van der Waals surface area contributed by atoms with Crippen LogP contribution in [0.25, 0.3) is 0 Å². The molecule has 0 aliphatic rings. The lowest BCUT2D eigenvalue weighted by atomic mass is 10.2. The molecule has 2 aromatic carbocycles. The van der Waals surface area contributed by atoms with Crippen molar-refractivity contribution in [2.45, 2.75) is 19.8 Å². The van der Waals surface area contributed by atoms with Gasteiger partial charge in [-0.3, -0.25) is 0 Å². The number of nitrogen functional groups attached to an aromatic ring is 1. The van der Waals surface area contributed by atoms with Crippen molar-refractivity contribution in [2.24, 2.45) is 0 Å². The van der Waals surface area contributed by atoms with Crippen LogP contribution >= 0.6 is 0 Å². The van der Waals surface area contributed by atoms with E-state index < -0.39 is 0 Å². The number of nitrogens with two attached hydrogens (primary N) is 1. The molecule has 0 spiro atoms. The molecule has 2 aromatic rings. The fourth-order valence-electron chi connectivity index (χ4n) is 2.02. The van der Waals surface area contributed by atoms with Gasteiger partial charge < -0.3 is 10.6 Å². The summed E-state index contributed by atoms with van der Waals surface area (Å²) in [5, 5.41) is 0. The molecule has 2 rings (SSSR count). The number of anilines is 3. The monoisotopic (exact) mass is 240 g/mol. The SMILES string of the molecule is CCCCN(c1ccccc1)c1cccc(N)c1. The van der Waals surface area contributed by atoms with Gasteiger partial charge >= 0.3 is 0 Å². The minimum Gasteiger partial charge on any atom is -0.399 e. The standard InChI is InChI=1S/C16H20N2/c1-2-3-12-18(15-9-5-4-6-10-15)16-11-7-8-14(17)13-16/h4-11,13H,2-3,12,17H2,1H3. The molecule has 0 unspecified atom stereocenters. The van der Waals surface area contributed by atoms with Crippen LogP contribution in [0.3, 0.4) is 0 Å². The van der Waals surface area contributed by atoms with E-state index >= 15 is 0 Å². The minimum absolute atomic E-state index is 0.810. The van der Waals surface area contributed by atoms with E-state index in [9.17, 15) is 0 Å². The van der Waals surface area contributed by atoms with Gasteiger partial charge in [0, 0.05) is 23.6 Å². The third kappa shape index (κ3) is 3.04. The van der Waals surface area contributed by atoms with E-state index in [0.29, 0.717) is 0 Å². The van der Waals surface area contributed by atoms with Gasteiger partial charge in [-0.2, -0.15) is 0 Å². The second-order valence-corrected chi connectivity index (χ2v) is 4.44. The number of benzene rings is 2. The molecule has 0 atom stereocenters. The van der Waals surface area contributed by atoms with Gasteiger partial charge in [0.1, 0.15) is 0 Å². The summed E-state index contributed by atoms with van der Waals surface area (Å²) < 4.78 is 0. The summed E-state index contributed by atoms with van der Waals surface area (Å²) >= 11 is 0. The predicted molar refractivity (Wildman–Crippen MR) is 79.2 cm³/mol. The lowest BCUT2D eigenvalue weighted by Gasteiger charge is -2.25. The molecule has 0 aromatic heterocycles. The van der Waals surface area contributed by atoms with Gasteiger partial charge in [-0.25, -0.2) is 0 Å². The average molecular weight is 240 g/mol. The highest BCUT2D eigenvalue weighted by atomic mass is 15.1. The van der Waals surface area contributed by atoms with E-state index in [1.807, 2.05) is 24.3 Å². The molecule has 2 heteroatoms. The van der Waals surface area contributed by atoms with Gasteiger partial charge in [-0.05, 0) is 36.8 Å². The second-order valence-electron chi connectivity index (χ2n) is 4.44. The first kappa shape index (κ1) is 12.5. The molecule has 0 heterocycles. The third-order valence-corrected chi connectivity index (χ3v) is 2.99. The summed E-state index contributed by atoms with van der Waals surface area (Å²) in [4.78, 5) is 2.32. The maximum Gasteiger partial charge on any atom is 0.0431 e. The summed E-state index contributed by atoms with van der Waals surface area (Å²) in [6.45, 7) is 3.23. The van der Waals surface area contributed by atoms with Crippen molar-refractivity contribution in [1.29, 1.82) is 0 Å². The van der Waals surface area contributed by atoms with Crippen LogP contribution in [-0.4, -0.2) is 6.54 Å². The van der Waals surface area contributed by atoms with Crippen molar-refractivity contribution in [1.82, 2.24) is 0 Å². The Kier molecular flexibility index (Phi) is 4.24. The van der Waals surface area contributed by atoms with E-state index in [4.69, 9.17) is 5.73 Å². The Morgan fingerprint density at radius 2 is 1.67 bits per heavy atom. The summed E-state index contributed by atoms with van der Waals surface area (Å²) in [5.41, 5.74) is 9.07. The Bertz CT molecular complexity index is 479. The lowest BCUT2D eigenvalue weighted by Crippen LogP contribution is -2.18. The molecule has 2 N–H and O–H groups in total. The Balaban J connectivity index is 2.31. The third-order valence-electron chi connectivity index (χ3n) is 2.99. The largest absolute Gasteiger partial charge is 0.399 e. The molecule has 0 bridgehead atoms. The molecular formula is C16H20N2. The normalized spacial score (nSPS) is 10.3. The van der Waals surface area contributed by atoms with E-state index in [0.717, 1.165) is 17.9 Å². The molecule has 94 valence electrons. The van der Waals surface area contributed by atoms with E-state index in [1.165, 1.54) is 18.5 Å². The van der Waals surface area contributed by atoms with Gasteiger partial charge in [-0.1, -0.05) is 37.6 Å². The molecule has 0 saturated heterocycles. The van der Waals surface area contributed by atoms with Crippen LogP contribution in [0.2, 0.25) is 0 Å². The Hall–Kier alpha value is -1.96. The van der Waals surface area contributed by atoms with E-state index in [-0.39, 0.29) is 0 Å². The van der Waals surface area contributed by atoms with Gasteiger partial charge in [-0.15, -0.1) is 0 Å². The summed E-state index contributed by atoms with van der Waals surface area (Å²) in [7, 11) is 0. The van der Waals surface area contributed by atoms with Crippen molar-refractivity contribution in [3.63, 3.8) is 0 Å². The zero-order chi connectivity index (χ0) is 12.8. The van der Waals surface area contributed by atoms with Crippen molar-refractivity contribution in [2.75, 3.05) is 17.2 Å². The zero-order valence-corrected chi connectivity index (χ0v) is 10.8. The topological polar surface area (TPSA) is 29.3 Å². The van der Waals surface area contributed by atoms with E-state index in [1.54, 1.807) is 0 Å². The van der Waals surface area contributed by atoms with Gasteiger partial charge in [0.15, 0.2) is 0 Å². The maximum absolute atomic E-state index is 5.88. The number of para-hydroxylation sites is 1. The predicted octanol–water partition coefficient (Wildman–Crippen LogP) is 4.21. The van der Waals surface area contributed by atoms with E-state index in [2.05, 4.69) is 42.2 Å². The molecular weight excluding hydrogens is 220 g/mol. The molecule has 2 nitrogen and oxygen atoms in total. The first-order valence-corrected chi connectivity index (χ1v) is 6.49. The highest BCUT2D eigenvalue weighted by molar-refractivity contribution is 5.66. The molecule has 0 radical (unpaired) electrons. The number of hydrogen-bond donors (Lipinski definition) is 1. The first-order valence-electron chi connectivity index (χ1n) is 6.49. The Labute approximate surface area is 109 Å².